The van der Waals surface area contributed by atoms with E-state index in [4.69, 9.17) is 16.3 Å². The Kier molecular flexibility index (Phi) is 7.26. The van der Waals surface area contributed by atoms with E-state index in [1.165, 1.54) is 19.2 Å². The third kappa shape index (κ3) is 5.84. The Morgan fingerprint density at radius 2 is 1.93 bits per heavy atom. The lowest BCUT2D eigenvalue weighted by atomic mass is 10.2. The van der Waals surface area contributed by atoms with E-state index in [1.807, 2.05) is 6.92 Å². The zero-order chi connectivity index (χ0) is 20.9. The highest BCUT2D eigenvalue weighted by Crippen LogP contribution is 2.33. The van der Waals surface area contributed by atoms with Gasteiger partial charge in [-0.25, -0.2) is 4.39 Å². The molecule has 0 heterocycles. The summed E-state index contributed by atoms with van der Waals surface area (Å²) in [6.45, 7) is 2.46. The molecule has 9 heteroatoms. The number of carbonyl (C=O) groups excluding carboxylic acids is 1. The maximum Gasteiger partial charge on any atom is 0.416 e. The smallest absolute Gasteiger partial charge is 0.416 e. The molecular weight excluding hydrogens is 400 g/mol. The molecule has 28 heavy (non-hydrogen) atoms. The normalized spacial score (nSPS) is 11.6. The van der Waals surface area contributed by atoms with E-state index < -0.39 is 23.5 Å². The molecule has 1 amide bonds. The number of benzene rings is 2. The average Bonchev–Trinajstić information content (AvgIpc) is 2.62. The molecule has 0 aliphatic carbocycles. The maximum atomic E-state index is 13.8. The fourth-order valence-electron chi connectivity index (χ4n) is 2.54. The molecule has 2 aromatic rings. The van der Waals surface area contributed by atoms with Crippen molar-refractivity contribution in [3.63, 3.8) is 0 Å². The van der Waals surface area contributed by atoms with Gasteiger partial charge < -0.3 is 10.1 Å². The molecule has 2 rings (SSSR count). The minimum Gasteiger partial charge on any atom is -0.494 e. The molecule has 0 aromatic heterocycles. The maximum absolute atomic E-state index is 13.8. The number of amides is 1. The molecule has 0 atom stereocenters. The van der Waals surface area contributed by atoms with Gasteiger partial charge in [-0.15, -0.1) is 0 Å². The summed E-state index contributed by atoms with van der Waals surface area (Å²) in [5.74, 6) is -0.933. The highest BCUT2D eigenvalue weighted by Gasteiger charge is 2.31. The Labute approximate surface area is 165 Å². The topological polar surface area (TPSA) is 41.6 Å². The number of carbonyl (C=O) groups is 1. The molecular formula is C19H19ClF4N2O2. The van der Waals surface area contributed by atoms with Crippen LogP contribution in [0.3, 0.4) is 0 Å². The number of hydrogen-bond donors (Lipinski definition) is 1. The summed E-state index contributed by atoms with van der Waals surface area (Å²) in [5.41, 5.74) is -0.397. The van der Waals surface area contributed by atoms with Gasteiger partial charge in [-0.2, -0.15) is 13.2 Å². The number of halogens is 5. The monoisotopic (exact) mass is 418 g/mol. The van der Waals surface area contributed by atoms with Gasteiger partial charge in [0.2, 0.25) is 5.91 Å². The lowest BCUT2D eigenvalue weighted by molar-refractivity contribution is -0.137. The SMILES string of the molecule is CCN(CC(=O)Nc1cc(C(F)(F)F)ccc1Cl)Cc1ccc(OC)c(F)c1. The molecule has 0 saturated carbocycles. The Morgan fingerprint density at radius 3 is 2.50 bits per heavy atom. The van der Waals surface area contributed by atoms with Crippen molar-refractivity contribution in [3.8, 4) is 5.75 Å². The first kappa shape index (κ1) is 22.0. The summed E-state index contributed by atoms with van der Waals surface area (Å²) in [7, 11) is 1.36. The predicted molar refractivity (Wildman–Crippen MR) is 99.0 cm³/mol. The summed E-state index contributed by atoms with van der Waals surface area (Å²) in [6.07, 6.45) is -4.54. The number of alkyl halides is 3. The summed E-state index contributed by atoms with van der Waals surface area (Å²) in [6, 6.07) is 7.18. The third-order valence-electron chi connectivity index (χ3n) is 4.00. The molecule has 4 nitrogen and oxygen atoms in total. The van der Waals surface area contributed by atoms with Gasteiger partial charge in [-0.3, -0.25) is 9.69 Å². The fourth-order valence-corrected chi connectivity index (χ4v) is 2.70. The molecule has 0 fully saturated rings. The van der Waals surface area contributed by atoms with Crippen LogP contribution in [-0.4, -0.2) is 31.0 Å². The summed E-state index contributed by atoms with van der Waals surface area (Å²) >= 11 is 5.89. The number of rotatable bonds is 7. The standard InChI is InChI=1S/C19H19ClF4N2O2/c1-3-26(10-12-4-7-17(28-2)15(21)8-12)11-18(27)25-16-9-13(19(22,23)24)5-6-14(16)20/h4-9H,3,10-11H2,1-2H3,(H,25,27). The fraction of sp³-hybridized carbons (Fsp3) is 0.316. The van der Waals surface area contributed by atoms with E-state index in [1.54, 1.807) is 11.0 Å². The van der Waals surface area contributed by atoms with Gasteiger partial charge in [-0.1, -0.05) is 24.6 Å². The summed E-state index contributed by atoms with van der Waals surface area (Å²) in [4.78, 5) is 14.0. The van der Waals surface area contributed by atoms with Crippen LogP contribution >= 0.6 is 11.6 Å². The first-order chi connectivity index (χ1) is 13.1. The van der Waals surface area contributed by atoms with Crippen LogP contribution in [0.1, 0.15) is 18.1 Å². The molecule has 0 aliphatic rings. The van der Waals surface area contributed by atoms with Crippen molar-refractivity contribution in [3.05, 3.63) is 58.4 Å². The summed E-state index contributed by atoms with van der Waals surface area (Å²) < 4.78 is 57.1. The van der Waals surface area contributed by atoms with Crippen molar-refractivity contribution < 1.29 is 27.1 Å². The van der Waals surface area contributed by atoms with Crippen LogP contribution in [0, 0.1) is 5.82 Å². The highest BCUT2D eigenvalue weighted by molar-refractivity contribution is 6.33. The van der Waals surface area contributed by atoms with Crippen molar-refractivity contribution in [2.75, 3.05) is 25.5 Å². The number of hydrogen-bond acceptors (Lipinski definition) is 3. The Morgan fingerprint density at radius 1 is 1.21 bits per heavy atom. The van der Waals surface area contributed by atoms with Crippen molar-refractivity contribution in [1.82, 2.24) is 4.90 Å². The number of ether oxygens (including phenoxy) is 1. The number of nitrogens with one attached hydrogen (secondary N) is 1. The van der Waals surface area contributed by atoms with Crippen LogP contribution in [0.15, 0.2) is 36.4 Å². The van der Waals surface area contributed by atoms with Crippen molar-refractivity contribution >= 4 is 23.2 Å². The van der Waals surface area contributed by atoms with Gasteiger partial charge in [0.1, 0.15) is 0 Å². The number of methoxy groups -OCH3 is 1. The third-order valence-corrected chi connectivity index (χ3v) is 4.33. The van der Waals surface area contributed by atoms with Crippen molar-refractivity contribution in [1.29, 1.82) is 0 Å². The Balaban J connectivity index is 2.05. The van der Waals surface area contributed by atoms with Crippen molar-refractivity contribution in [2.45, 2.75) is 19.6 Å². The second kappa shape index (κ2) is 9.25. The van der Waals surface area contributed by atoms with Crippen LogP contribution < -0.4 is 10.1 Å². The van der Waals surface area contributed by atoms with E-state index in [-0.39, 0.29) is 29.5 Å². The second-order valence-corrected chi connectivity index (χ2v) is 6.42. The van der Waals surface area contributed by atoms with E-state index in [0.717, 1.165) is 18.2 Å². The lowest BCUT2D eigenvalue weighted by Crippen LogP contribution is -2.32. The van der Waals surface area contributed by atoms with Gasteiger partial charge in [0, 0.05) is 6.54 Å². The molecule has 0 saturated heterocycles. The summed E-state index contributed by atoms with van der Waals surface area (Å²) in [5, 5.41) is 2.40. The van der Waals surface area contributed by atoms with Crippen LogP contribution in [0.5, 0.6) is 5.75 Å². The molecule has 2 aromatic carbocycles. The van der Waals surface area contributed by atoms with E-state index in [9.17, 15) is 22.4 Å². The van der Waals surface area contributed by atoms with Gasteiger partial charge >= 0.3 is 6.18 Å². The Bertz CT molecular complexity index is 843. The average molecular weight is 419 g/mol. The first-order valence-corrected chi connectivity index (χ1v) is 8.73. The number of anilines is 1. The molecule has 0 aliphatic heterocycles. The molecule has 0 unspecified atom stereocenters. The Hall–Kier alpha value is -2.32. The zero-order valence-electron chi connectivity index (χ0n) is 15.2. The largest absolute Gasteiger partial charge is 0.494 e. The van der Waals surface area contributed by atoms with Gasteiger partial charge in [0.25, 0.3) is 0 Å². The van der Waals surface area contributed by atoms with Gasteiger partial charge in [-0.05, 0) is 42.4 Å². The minimum absolute atomic E-state index is 0.00150. The van der Waals surface area contributed by atoms with E-state index in [0.29, 0.717) is 12.1 Å². The highest BCUT2D eigenvalue weighted by atomic mass is 35.5. The van der Waals surface area contributed by atoms with Crippen LogP contribution in [0.4, 0.5) is 23.2 Å². The molecule has 1 N–H and O–H groups in total. The lowest BCUT2D eigenvalue weighted by Gasteiger charge is -2.20. The second-order valence-electron chi connectivity index (χ2n) is 6.01. The van der Waals surface area contributed by atoms with Gasteiger partial charge in [0.05, 0.1) is 29.9 Å². The molecule has 0 bridgehead atoms. The number of likely N-dealkylation sites (N-methyl/N-ethyl adjacent to an activating group) is 1. The van der Waals surface area contributed by atoms with Gasteiger partial charge in [0.15, 0.2) is 11.6 Å². The quantitative estimate of drug-likeness (QED) is 0.646. The molecule has 0 spiro atoms. The van der Waals surface area contributed by atoms with E-state index >= 15 is 0 Å². The minimum atomic E-state index is -4.54. The number of nitrogens with zero attached hydrogens (tertiary/aromatic N) is 1. The van der Waals surface area contributed by atoms with Crippen LogP contribution in [0.25, 0.3) is 0 Å². The first-order valence-electron chi connectivity index (χ1n) is 8.35. The molecule has 152 valence electrons. The van der Waals surface area contributed by atoms with Crippen LogP contribution in [-0.2, 0) is 17.5 Å². The van der Waals surface area contributed by atoms with Crippen molar-refractivity contribution in [2.24, 2.45) is 0 Å². The van der Waals surface area contributed by atoms with Crippen LogP contribution in [0.2, 0.25) is 5.02 Å². The zero-order valence-corrected chi connectivity index (χ0v) is 16.0. The molecule has 0 radical (unpaired) electrons. The predicted octanol–water partition coefficient (Wildman–Crippen LogP) is 4.97. The van der Waals surface area contributed by atoms with E-state index in [2.05, 4.69) is 5.32 Å².